The molecule has 0 aliphatic rings. The first-order valence-electron chi connectivity index (χ1n) is 4.41. The van der Waals surface area contributed by atoms with Crippen LogP contribution in [0.2, 0.25) is 0 Å². The van der Waals surface area contributed by atoms with E-state index in [2.05, 4.69) is 18.8 Å². The minimum atomic E-state index is 0.450. The number of rotatable bonds is 4. The summed E-state index contributed by atoms with van der Waals surface area (Å²) in [5.74, 6) is 0.590. The number of nitrogens with zero attached hydrogens (tertiary/aromatic N) is 3. The third kappa shape index (κ3) is 5.92. The molecule has 0 unspecified atom stereocenters. The summed E-state index contributed by atoms with van der Waals surface area (Å²) in [6, 6.07) is 2.03. The van der Waals surface area contributed by atoms with Crippen molar-refractivity contribution in [2.75, 3.05) is 13.6 Å². The minimum Gasteiger partial charge on any atom is -0.378 e. The summed E-state index contributed by atoms with van der Waals surface area (Å²) < 4.78 is 0. The summed E-state index contributed by atoms with van der Waals surface area (Å²) in [6.45, 7) is 7.01. The van der Waals surface area contributed by atoms with E-state index in [0.717, 1.165) is 6.54 Å². The summed E-state index contributed by atoms with van der Waals surface area (Å²) in [7, 11) is 1.95. The molecule has 0 aromatic carbocycles. The fourth-order valence-corrected chi connectivity index (χ4v) is 1.07. The smallest absolute Gasteiger partial charge is 0.155 e. The molecule has 13 heavy (non-hydrogen) atoms. The van der Waals surface area contributed by atoms with Gasteiger partial charge in [-0.05, 0) is 12.8 Å². The van der Waals surface area contributed by atoms with E-state index >= 15 is 0 Å². The lowest BCUT2D eigenvalue weighted by Crippen LogP contribution is -2.17. The Bertz CT molecular complexity index is 233. The summed E-state index contributed by atoms with van der Waals surface area (Å²) in [4.78, 5) is 5.91. The summed E-state index contributed by atoms with van der Waals surface area (Å²) in [5, 5.41) is 8.68. The van der Waals surface area contributed by atoms with E-state index in [-0.39, 0.29) is 0 Å². The van der Waals surface area contributed by atoms with Gasteiger partial charge in [0.2, 0.25) is 0 Å². The minimum absolute atomic E-state index is 0.450. The molecular weight excluding hydrogens is 162 g/mol. The quantitative estimate of drug-likeness (QED) is 0.489. The van der Waals surface area contributed by atoms with E-state index < -0.39 is 0 Å². The molecule has 0 rings (SSSR count). The molecule has 0 bridgehead atoms. The van der Waals surface area contributed by atoms with Gasteiger partial charge in [-0.2, -0.15) is 5.26 Å². The normalized spacial score (nSPS) is 12.2. The zero-order valence-electron chi connectivity index (χ0n) is 8.78. The van der Waals surface area contributed by atoms with Crippen molar-refractivity contribution >= 4 is 6.21 Å². The number of nitriles is 1. The number of aliphatic imine (C=N–C) groups is 1. The van der Waals surface area contributed by atoms with Crippen LogP contribution in [0.25, 0.3) is 0 Å². The van der Waals surface area contributed by atoms with Crippen LogP contribution < -0.4 is 0 Å². The maximum absolute atomic E-state index is 8.68. The molecule has 0 heterocycles. The largest absolute Gasteiger partial charge is 0.378 e. The Labute approximate surface area is 80.4 Å². The molecule has 0 spiro atoms. The highest BCUT2D eigenvalue weighted by atomic mass is 15.1. The van der Waals surface area contributed by atoms with Crippen LogP contribution >= 0.6 is 0 Å². The van der Waals surface area contributed by atoms with Gasteiger partial charge in [-0.3, -0.25) is 0 Å². The van der Waals surface area contributed by atoms with Crippen LogP contribution in [0.15, 0.2) is 16.9 Å². The summed E-state index contributed by atoms with van der Waals surface area (Å²) in [6.07, 6.45) is 3.39. The molecule has 0 aliphatic carbocycles. The van der Waals surface area contributed by atoms with Crippen LogP contribution in [0.3, 0.4) is 0 Å². The molecule has 72 valence electrons. The van der Waals surface area contributed by atoms with Crippen LogP contribution in [0.5, 0.6) is 0 Å². The van der Waals surface area contributed by atoms with Gasteiger partial charge in [0, 0.05) is 26.0 Å². The topological polar surface area (TPSA) is 39.4 Å². The average Bonchev–Trinajstić information content (AvgIpc) is 2.02. The van der Waals surface area contributed by atoms with Crippen molar-refractivity contribution in [3.05, 3.63) is 11.9 Å². The lowest BCUT2D eigenvalue weighted by atomic mass is 10.2. The van der Waals surface area contributed by atoms with Crippen LogP contribution in [-0.2, 0) is 0 Å². The third-order valence-electron chi connectivity index (χ3n) is 1.38. The molecule has 3 heteroatoms. The van der Waals surface area contributed by atoms with Crippen molar-refractivity contribution in [2.24, 2.45) is 10.9 Å². The van der Waals surface area contributed by atoms with Gasteiger partial charge in [-0.1, -0.05) is 13.8 Å². The van der Waals surface area contributed by atoms with Crippen LogP contribution in [0.1, 0.15) is 20.8 Å². The first kappa shape index (κ1) is 11.7. The van der Waals surface area contributed by atoms with Crippen molar-refractivity contribution in [3.63, 3.8) is 0 Å². The van der Waals surface area contributed by atoms with E-state index in [9.17, 15) is 0 Å². The number of hydrogen-bond donors (Lipinski definition) is 0. The summed E-state index contributed by atoms with van der Waals surface area (Å²) in [5.41, 5.74) is 0.450. The SMILES string of the molecule is CC=N/C(C#N)=C\N(C)CC(C)C. The second kappa shape index (κ2) is 6.24. The zero-order chi connectivity index (χ0) is 10.3. The van der Waals surface area contributed by atoms with Gasteiger partial charge in [0.1, 0.15) is 6.07 Å². The molecule has 0 radical (unpaired) electrons. The molecule has 0 N–H and O–H groups in total. The standard InChI is InChI=1S/C10H17N3/c1-5-12-10(6-11)8-13(4)7-9(2)3/h5,8-9H,7H2,1-4H3/b10-8-,12-5?. The molecule has 3 nitrogen and oxygen atoms in total. The molecule has 0 fully saturated rings. The third-order valence-corrected chi connectivity index (χ3v) is 1.38. The van der Waals surface area contributed by atoms with E-state index in [4.69, 9.17) is 5.26 Å². The van der Waals surface area contributed by atoms with Crippen LogP contribution in [0, 0.1) is 17.2 Å². The van der Waals surface area contributed by atoms with E-state index in [1.54, 1.807) is 19.3 Å². The monoisotopic (exact) mass is 179 g/mol. The average molecular weight is 179 g/mol. The molecular formula is C10H17N3. The lowest BCUT2D eigenvalue weighted by Gasteiger charge is -2.16. The Morgan fingerprint density at radius 3 is 2.62 bits per heavy atom. The summed E-state index contributed by atoms with van der Waals surface area (Å²) >= 11 is 0. The Morgan fingerprint density at radius 2 is 2.23 bits per heavy atom. The number of hydrogen-bond acceptors (Lipinski definition) is 3. The maximum Gasteiger partial charge on any atom is 0.155 e. The van der Waals surface area contributed by atoms with Gasteiger partial charge in [0.05, 0.1) is 0 Å². The molecule has 0 saturated heterocycles. The molecule has 0 amide bonds. The highest BCUT2D eigenvalue weighted by Gasteiger charge is 1.98. The Morgan fingerprint density at radius 1 is 1.62 bits per heavy atom. The Balaban J connectivity index is 4.26. The van der Waals surface area contributed by atoms with Gasteiger partial charge in [0.15, 0.2) is 5.70 Å². The molecule has 0 aromatic rings. The van der Waals surface area contributed by atoms with E-state index in [0.29, 0.717) is 11.6 Å². The second-order valence-corrected chi connectivity index (χ2v) is 3.35. The molecule has 0 aromatic heterocycles. The Hall–Kier alpha value is -1.30. The highest BCUT2D eigenvalue weighted by molar-refractivity contribution is 5.56. The predicted octanol–water partition coefficient (Wildman–Crippen LogP) is 2.03. The van der Waals surface area contributed by atoms with Gasteiger partial charge in [-0.25, -0.2) is 4.99 Å². The number of allylic oxidation sites excluding steroid dienone is 1. The molecule has 0 atom stereocenters. The maximum atomic E-state index is 8.68. The predicted molar refractivity (Wildman–Crippen MR) is 55.3 cm³/mol. The molecule has 0 saturated carbocycles. The highest BCUT2D eigenvalue weighted by Crippen LogP contribution is 2.00. The van der Waals surface area contributed by atoms with Crippen molar-refractivity contribution in [2.45, 2.75) is 20.8 Å². The second-order valence-electron chi connectivity index (χ2n) is 3.35. The van der Waals surface area contributed by atoms with Gasteiger partial charge >= 0.3 is 0 Å². The fourth-order valence-electron chi connectivity index (χ4n) is 1.07. The van der Waals surface area contributed by atoms with Crippen molar-refractivity contribution in [1.29, 1.82) is 5.26 Å². The zero-order valence-corrected chi connectivity index (χ0v) is 8.78. The van der Waals surface area contributed by atoms with Crippen molar-refractivity contribution in [3.8, 4) is 6.07 Å². The van der Waals surface area contributed by atoms with Crippen LogP contribution in [-0.4, -0.2) is 24.7 Å². The van der Waals surface area contributed by atoms with Crippen molar-refractivity contribution < 1.29 is 0 Å². The van der Waals surface area contributed by atoms with Crippen molar-refractivity contribution in [1.82, 2.24) is 4.90 Å². The fraction of sp³-hybridized carbons (Fsp3) is 0.600. The van der Waals surface area contributed by atoms with Gasteiger partial charge in [0.25, 0.3) is 0 Å². The van der Waals surface area contributed by atoms with E-state index in [1.165, 1.54) is 0 Å². The first-order chi connectivity index (χ1) is 6.10. The van der Waals surface area contributed by atoms with E-state index in [1.807, 2.05) is 18.0 Å². The lowest BCUT2D eigenvalue weighted by molar-refractivity contribution is 0.388. The first-order valence-corrected chi connectivity index (χ1v) is 4.41. The van der Waals surface area contributed by atoms with Crippen LogP contribution in [0.4, 0.5) is 0 Å². The van der Waals surface area contributed by atoms with Gasteiger partial charge in [-0.15, -0.1) is 0 Å². The molecule has 0 aliphatic heterocycles. The van der Waals surface area contributed by atoms with Gasteiger partial charge < -0.3 is 4.90 Å². The Kier molecular flexibility index (Phi) is 5.62.